The predicted octanol–water partition coefficient (Wildman–Crippen LogP) is 0.695. The summed E-state index contributed by atoms with van der Waals surface area (Å²) >= 11 is 0. The van der Waals surface area contributed by atoms with Crippen LogP contribution in [0.2, 0.25) is 0 Å². The normalized spacial score (nSPS) is 24.6. The number of carbonyl (C=O) groups excluding carboxylic acids is 1. The molecule has 1 aliphatic heterocycles. The number of carbonyl (C=O) groups is 1. The van der Waals surface area contributed by atoms with Crippen LogP contribution in [-0.2, 0) is 29.2 Å². The van der Waals surface area contributed by atoms with Gasteiger partial charge in [-0.15, -0.1) is 0 Å². The Morgan fingerprint density at radius 2 is 1.91 bits per heavy atom. The number of fused-ring (bicyclic) bond motifs is 1. The van der Waals surface area contributed by atoms with Crippen LogP contribution in [0.25, 0.3) is 0 Å². The third kappa shape index (κ3) is 3.56. The van der Waals surface area contributed by atoms with E-state index in [2.05, 4.69) is 0 Å². The summed E-state index contributed by atoms with van der Waals surface area (Å²) in [7, 11) is -3.17. The van der Waals surface area contributed by atoms with E-state index in [-0.39, 0.29) is 0 Å². The Bertz CT molecular complexity index is 518. The molecule has 0 bridgehead atoms. The Morgan fingerprint density at radius 1 is 1.27 bits per heavy atom. The van der Waals surface area contributed by atoms with Crippen LogP contribution in [0.15, 0.2) is 24.3 Å². The molecule has 122 valence electrons. The minimum absolute atomic E-state index is 0.361. The Balaban J connectivity index is 2.54. The van der Waals surface area contributed by atoms with E-state index in [0.717, 1.165) is 10.8 Å². The van der Waals surface area contributed by atoms with Gasteiger partial charge in [-0.3, -0.25) is 4.79 Å². The van der Waals surface area contributed by atoms with E-state index in [0.29, 0.717) is 19.6 Å². The van der Waals surface area contributed by atoms with Crippen molar-refractivity contribution in [1.29, 1.82) is 0 Å². The highest BCUT2D eigenvalue weighted by atomic mass is 28.4. The van der Waals surface area contributed by atoms with Crippen LogP contribution in [0, 0.1) is 0 Å². The molecule has 0 fully saturated rings. The first kappa shape index (κ1) is 17.1. The lowest BCUT2D eigenvalue weighted by atomic mass is 10.1. The first-order chi connectivity index (χ1) is 10.5. The van der Waals surface area contributed by atoms with E-state index in [1.807, 2.05) is 38.1 Å². The van der Waals surface area contributed by atoms with Crippen molar-refractivity contribution in [2.75, 3.05) is 13.2 Å². The summed E-state index contributed by atoms with van der Waals surface area (Å²) in [6, 6.07) is 6.90. The minimum atomic E-state index is -3.17. The Morgan fingerprint density at radius 3 is 2.55 bits per heavy atom. The Hall–Kier alpha value is -1.25. The highest BCUT2D eigenvalue weighted by Gasteiger charge is 2.48. The molecule has 0 saturated heterocycles. The van der Waals surface area contributed by atoms with E-state index >= 15 is 0 Å². The first-order valence-electron chi connectivity index (χ1n) is 7.52. The second-order valence-electron chi connectivity index (χ2n) is 5.01. The van der Waals surface area contributed by atoms with Crippen LogP contribution in [0.5, 0.6) is 0 Å². The molecule has 0 spiro atoms. The molecule has 0 aliphatic carbocycles. The summed E-state index contributed by atoms with van der Waals surface area (Å²) in [4.78, 5) is 12.0. The van der Waals surface area contributed by atoms with Crippen molar-refractivity contribution in [1.82, 2.24) is 0 Å². The molecule has 1 aliphatic rings. The van der Waals surface area contributed by atoms with Crippen LogP contribution in [-0.4, -0.2) is 40.3 Å². The molecule has 2 N–H and O–H groups in total. The van der Waals surface area contributed by atoms with E-state index in [9.17, 15) is 4.79 Å². The molecule has 22 heavy (non-hydrogen) atoms. The maximum atomic E-state index is 12.0. The molecule has 0 saturated carbocycles. The van der Waals surface area contributed by atoms with Crippen LogP contribution < -0.4 is 10.9 Å². The molecule has 2 unspecified atom stereocenters. The van der Waals surface area contributed by atoms with Crippen molar-refractivity contribution in [3.8, 4) is 0 Å². The third-order valence-electron chi connectivity index (χ3n) is 3.36. The number of ether oxygens (including phenoxy) is 1. The SMILES string of the molecule is CCO[Si]1(OCC)OC(C)OC(=O)C(N)Cc2ccccc21. The lowest BCUT2D eigenvalue weighted by Gasteiger charge is -2.31. The largest absolute Gasteiger partial charge is 0.540 e. The molecule has 1 heterocycles. The van der Waals surface area contributed by atoms with Crippen molar-refractivity contribution in [2.24, 2.45) is 5.73 Å². The van der Waals surface area contributed by atoms with Gasteiger partial charge in [-0.25, -0.2) is 0 Å². The number of cyclic esters (lactones) is 1. The van der Waals surface area contributed by atoms with Gasteiger partial charge in [0.1, 0.15) is 6.04 Å². The first-order valence-corrected chi connectivity index (χ1v) is 9.25. The molecule has 2 rings (SSSR count). The van der Waals surface area contributed by atoms with E-state index in [4.69, 9.17) is 23.7 Å². The van der Waals surface area contributed by atoms with Crippen molar-refractivity contribution >= 4 is 20.0 Å². The van der Waals surface area contributed by atoms with Gasteiger partial charge in [0, 0.05) is 18.4 Å². The number of benzene rings is 1. The summed E-state index contributed by atoms with van der Waals surface area (Å²) in [5, 5.41) is 0.847. The maximum absolute atomic E-state index is 12.0. The van der Waals surface area contributed by atoms with Gasteiger partial charge in [-0.05, 0) is 32.8 Å². The van der Waals surface area contributed by atoms with Crippen LogP contribution in [0.1, 0.15) is 26.3 Å². The second kappa shape index (κ2) is 7.34. The zero-order chi connectivity index (χ0) is 16.2. The van der Waals surface area contributed by atoms with Gasteiger partial charge in [-0.1, -0.05) is 24.3 Å². The molecular formula is C15H23NO5Si. The number of hydrogen-bond donors (Lipinski definition) is 1. The molecule has 0 aromatic heterocycles. The van der Waals surface area contributed by atoms with Gasteiger partial charge < -0.3 is 23.7 Å². The fraction of sp³-hybridized carbons (Fsp3) is 0.533. The zero-order valence-corrected chi connectivity index (χ0v) is 14.2. The average molecular weight is 325 g/mol. The topological polar surface area (TPSA) is 80.0 Å². The van der Waals surface area contributed by atoms with Gasteiger partial charge >= 0.3 is 14.8 Å². The number of hydrogen-bond acceptors (Lipinski definition) is 6. The van der Waals surface area contributed by atoms with Crippen LogP contribution >= 0.6 is 0 Å². The van der Waals surface area contributed by atoms with Gasteiger partial charge in [-0.2, -0.15) is 0 Å². The second-order valence-corrected chi connectivity index (χ2v) is 7.48. The van der Waals surface area contributed by atoms with Crippen molar-refractivity contribution in [3.05, 3.63) is 29.8 Å². The van der Waals surface area contributed by atoms with Crippen molar-refractivity contribution in [3.63, 3.8) is 0 Å². The highest BCUT2D eigenvalue weighted by Crippen LogP contribution is 2.19. The number of rotatable bonds is 4. The van der Waals surface area contributed by atoms with E-state index < -0.39 is 27.1 Å². The third-order valence-corrected chi connectivity index (χ3v) is 6.49. The maximum Gasteiger partial charge on any atom is 0.540 e. The number of nitrogens with two attached hydrogens (primary N) is 1. The van der Waals surface area contributed by atoms with Crippen molar-refractivity contribution in [2.45, 2.75) is 39.5 Å². The molecule has 2 atom stereocenters. The molecular weight excluding hydrogens is 302 g/mol. The fourth-order valence-corrected chi connectivity index (χ4v) is 5.30. The summed E-state index contributed by atoms with van der Waals surface area (Å²) in [6.45, 7) is 6.29. The van der Waals surface area contributed by atoms with Gasteiger partial charge in [0.15, 0.2) is 6.29 Å². The smallest absolute Gasteiger partial charge is 0.436 e. The lowest BCUT2D eigenvalue weighted by Crippen LogP contribution is -2.59. The van der Waals surface area contributed by atoms with Gasteiger partial charge in [0.25, 0.3) is 0 Å². The van der Waals surface area contributed by atoms with Crippen molar-refractivity contribution < 1.29 is 22.8 Å². The van der Waals surface area contributed by atoms with Crippen LogP contribution in [0.4, 0.5) is 0 Å². The quantitative estimate of drug-likeness (QED) is 0.648. The molecule has 1 aromatic carbocycles. The van der Waals surface area contributed by atoms with E-state index in [1.54, 1.807) is 6.92 Å². The standard InChI is InChI=1S/C15H23NO5Si/c1-4-18-22(19-5-2)14-9-7-6-8-12(14)10-13(16)15(17)20-11(3)21-22/h6-9,11,13H,4-5,10,16H2,1-3H3. The lowest BCUT2D eigenvalue weighted by molar-refractivity contribution is -0.167. The van der Waals surface area contributed by atoms with Crippen LogP contribution in [0.3, 0.4) is 0 Å². The molecule has 0 radical (unpaired) electrons. The molecule has 1 aromatic rings. The number of esters is 1. The van der Waals surface area contributed by atoms with E-state index in [1.165, 1.54) is 0 Å². The summed E-state index contributed by atoms with van der Waals surface area (Å²) in [5.74, 6) is -0.486. The molecule has 7 heteroatoms. The fourth-order valence-electron chi connectivity index (χ4n) is 2.52. The highest BCUT2D eigenvalue weighted by molar-refractivity contribution is 6.75. The zero-order valence-electron chi connectivity index (χ0n) is 13.2. The van der Waals surface area contributed by atoms with Gasteiger partial charge in [0.2, 0.25) is 0 Å². The molecule has 6 nitrogen and oxygen atoms in total. The molecule has 0 amide bonds. The Labute approximate surface area is 131 Å². The average Bonchev–Trinajstić information content (AvgIpc) is 2.50. The Kier molecular flexibility index (Phi) is 5.71. The minimum Gasteiger partial charge on any atom is -0.436 e. The predicted molar refractivity (Wildman–Crippen MR) is 83.4 cm³/mol. The summed E-state index contributed by atoms with van der Waals surface area (Å²) in [5.41, 5.74) is 6.83. The van der Waals surface area contributed by atoms with Gasteiger partial charge in [0.05, 0.1) is 0 Å². The summed E-state index contributed by atoms with van der Waals surface area (Å²) < 4.78 is 23.1. The summed E-state index contributed by atoms with van der Waals surface area (Å²) in [6.07, 6.45) is -0.422. The monoisotopic (exact) mass is 325 g/mol.